The minimum atomic E-state index is -0.729. The van der Waals surface area contributed by atoms with Gasteiger partial charge in [0.25, 0.3) is 0 Å². The number of aryl methyl sites for hydroxylation is 1. The van der Waals surface area contributed by atoms with Crippen LogP contribution < -0.4 is 10.6 Å². The number of aromatic nitrogens is 1. The van der Waals surface area contributed by atoms with E-state index in [2.05, 4.69) is 21.7 Å². The van der Waals surface area contributed by atoms with Crippen LogP contribution in [0.15, 0.2) is 84.9 Å². The van der Waals surface area contributed by atoms with E-state index in [-0.39, 0.29) is 12.5 Å². The third-order valence-electron chi connectivity index (χ3n) is 5.31. The highest BCUT2D eigenvalue weighted by atomic mass is 32.1. The fraction of sp³-hybridized carbons (Fsp3) is 0.222. The molecule has 1 aromatic heterocycles. The molecule has 34 heavy (non-hydrogen) atoms. The van der Waals surface area contributed by atoms with Crippen LogP contribution in [0.1, 0.15) is 22.6 Å². The largest absolute Gasteiger partial charge is 0.445 e. The van der Waals surface area contributed by atoms with E-state index >= 15 is 0 Å². The van der Waals surface area contributed by atoms with Gasteiger partial charge in [-0.05, 0) is 29.7 Å². The van der Waals surface area contributed by atoms with Gasteiger partial charge in [0, 0.05) is 19.4 Å². The van der Waals surface area contributed by atoms with Gasteiger partial charge in [-0.1, -0.05) is 72.8 Å². The van der Waals surface area contributed by atoms with E-state index in [1.54, 1.807) is 11.3 Å². The van der Waals surface area contributed by atoms with E-state index in [0.717, 1.165) is 34.5 Å². The Hall–Kier alpha value is -3.71. The molecule has 0 fully saturated rings. The average Bonchev–Trinajstić information content (AvgIpc) is 3.29. The molecular weight excluding hydrogens is 446 g/mol. The van der Waals surface area contributed by atoms with E-state index < -0.39 is 12.1 Å². The van der Waals surface area contributed by atoms with Gasteiger partial charge in [-0.25, -0.2) is 9.78 Å². The topological polar surface area (TPSA) is 80.3 Å². The van der Waals surface area contributed by atoms with Gasteiger partial charge in [0.05, 0.1) is 15.2 Å². The fourth-order valence-corrected chi connectivity index (χ4v) is 4.58. The van der Waals surface area contributed by atoms with Gasteiger partial charge in [0.1, 0.15) is 12.6 Å². The molecule has 4 aromatic rings. The van der Waals surface area contributed by atoms with Crippen molar-refractivity contribution in [3.8, 4) is 0 Å². The highest BCUT2D eigenvalue weighted by Crippen LogP contribution is 2.22. The molecule has 7 heteroatoms. The summed E-state index contributed by atoms with van der Waals surface area (Å²) in [5, 5.41) is 6.74. The highest BCUT2D eigenvalue weighted by molar-refractivity contribution is 7.18. The lowest BCUT2D eigenvalue weighted by atomic mass is 10.1. The quantitative estimate of drug-likeness (QED) is 0.322. The number of para-hydroxylation sites is 1. The number of hydrogen-bond acceptors (Lipinski definition) is 5. The predicted molar refractivity (Wildman–Crippen MR) is 135 cm³/mol. The predicted octanol–water partition coefficient (Wildman–Crippen LogP) is 4.88. The van der Waals surface area contributed by atoms with Crippen molar-refractivity contribution in [3.05, 3.63) is 101 Å². The van der Waals surface area contributed by atoms with Crippen LogP contribution in [0.25, 0.3) is 10.2 Å². The van der Waals surface area contributed by atoms with Crippen LogP contribution in [-0.4, -0.2) is 29.6 Å². The number of alkyl carbamates (subject to hydrolysis) is 1. The molecule has 1 atom stereocenters. The van der Waals surface area contributed by atoms with Crippen molar-refractivity contribution in [2.24, 2.45) is 0 Å². The number of hydrogen-bond donors (Lipinski definition) is 2. The van der Waals surface area contributed by atoms with Crippen LogP contribution in [0.4, 0.5) is 4.79 Å². The number of nitrogens with zero attached hydrogens (tertiary/aromatic N) is 1. The molecule has 174 valence electrons. The summed E-state index contributed by atoms with van der Waals surface area (Å²) in [6.45, 7) is 0.648. The molecule has 6 nitrogen and oxygen atoms in total. The molecule has 0 aliphatic heterocycles. The molecule has 2 N–H and O–H groups in total. The number of nitrogens with one attached hydrogen (secondary N) is 2. The summed E-state index contributed by atoms with van der Waals surface area (Å²) in [6.07, 6.45) is 1.32. The van der Waals surface area contributed by atoms with E-state index in [0.29, 0.717) is 13.0 Å². The summed E-state index contributed by atoms with van der Waals surface area (Å²) in [5.74, 6) is -0.232. The monoisotopic (exact) mass is 473 g/mol. The molecule has 4 rings (SSSR count). The van der Waals surface area contributed by atoms with Crippen molar-refractivity contribution in [1.82, 2.24) is 15.6 Å². The van der Waals surface area contributed by atoms with Crippen LogP contribution in [-0.2, 0) is 29.0 Å². The third kappa shape index (κ3) is 6.89. The Morgan fingerprint density at radius 3 is 2.29 bits per heavy atom. The zero-order valence-electron chi connectivity index (χ0n) is 18.8. The van der Waals surface area contributed by atoms with Gasteiger partial charge in [-0.3, -0.25) is 4.79 Å². The number of amides is 2. The van der Waals surface area contributed by atoms with E-state index in [4.69, 9.17) is 4.74 Å². The SMILES string of the molecule is O=C(N[C@@H](Cc1ccccc1)C(=O)NCCCc1nc2ccccc2s1)OCc1ccccc1. The second kappa shape index (κ2) is 12.0. The molecule has 0 unspecified atom stereocenters. The van der Waals surface area contributed by atoms with Crippen LogP contribution >= 0.6 is 11.3 Å². The van der Waals surface area contributed by atoms with Gasteiger partial charge >= 0.3 is 6.09 Å². The maximum Gasteiger partial charge on any atom is 0.408 e. The molecule has 0 aliphatic rings. The number of ether oxygens (including phenoxy) is 1. The van der Waals surface area contributed by atoms with Crippen molar-refractivity contribution in [2.75, 3.05) is 6.54 Å². The second-order valence-electron chi connectivity index (χ2n) is 7.92. The number of fused-ring (bicyclic) bond motifs is 1. The van der Waals surface area contributed by atoms with Crippen LogP contribution in [0.5, 0.6) is 0 Å². The molecule has 0 radical (unpaired) electrons. The molecule has 3 aromatic carbocycles. The van der Waals surface area contributed by atoms with Crippen LogP contribution in [0, 0.1) is 0 Å². The summed E-state index contributed by atoms with van der Waals surface area (Å²) >= 11 is 1.68. The molecule has 2 amide bonds. The zero-order chi connectivity index (χ0) is 23.6. The van der Waals surface area contributed by atoms with Crippen molar-refractivity contribution in [2.45, 2.75) is 31.9 Å². The number of carbonyl (C=O) groups is 2. The summed E-state index contributed by atoms with van der Waals surface area (Å²) < 4.78 is 6.49. The van der Waals surface area contributed by atoms with Gasteiger partial charge in [-0.2, -0.15) is 0 Å². The fourth-order valence-electron chi connectivity index (χ4n) is 3.57. The number of thiazole rings is 1. The molecular formula is C27H27N3O3S. The lowest BCUT2D eigenvalue weighted by molar-refractivity contribution is -0.123. The molecule has 0 spiro atoms. The van der Waals surface area contributed by atoms with Crippen molar-refractivity contribution < 1.29 is 14.3 Å². The first-order valence-electron chi connectivity index (χ1n) is 11.3. The first kappa shape index (κ1) is 23.4. The lowest BCUT2D eigenvalue weighted by Gasteiger charge is -2.18. The van der Waals surface area contributed by atoms with Gasteiger partial charge < -0.3 is 15.4 Å². The zero-order valence-corrected chi connectivity index (χ0v) is 19.6. The van der Waals surface area contributed by atoms with E-state index in [1.165, 1.54) is 4.70 Å². The molecule has 1 heterocycles. The van der Waals surface area contributed by atoms with Crippen LogP contribution in [0.2, 0.25) is 0 Å². The average molecular weight is 474 g/mol. The van der Waals surface area contributed by atoms with Crippen molar-refractivity contribution >= 4 is 33.6 Å². The Kier molecular flexibility index (Phi) is 8.24. The molecule has 0 saturated carbocycles. The van der Waals surface area contributed by atoms with Gasteiger partial charge in [0.2, 0.25) is 5.91 Å². The Morgan fingerprint density at radius 1 is 0.882 bits per heavy atom. The highest BCUT2D eigenvalue weighted by Gasteiger charge is 2.22. The Bertz CT molecular complexity index is 1180. The summed E-state index contributed by atoms with van der Waals surface area (Å²) in [7, 11) is 0. The lowest BCUT2D eigenvalue weighted by Crippen LogP contribution is -2.48. The molecule has 0 saturated heterocycles. The summed E-state index contributed by atoms with van der Waals surface area (Å²) in [6, 6.07) is 26.4. The normalized spacial score (nSPS) is 11.6. The smallest absolute Gasteiger partial charge is 0.408 e. The number of carbonyl (C=O) groups excluding carboxylic acids is 2. The Morgan fingerprint density at radius 2 is 1.56 bits per heavy atom. The van der Waals surface area contributed by atoms with Gasteiger partial charge in [0.15, 0.2) is 0 Å². The van der Waals surface area contributed by atoms with Gasteiger partial charge in [-0.15, -0.1) is 11.3 Å². The second-order valence-corrected chi connectivity index (χ2v) is 9.03. The summed E-state index contributed by atoms with van der Waals surface area (Å²) in [5.41, 5.74) is 2.85. The first-order valence-corrected chi connectivity index (χ1v) is 12.1. The molecule has 0 aliphatic carbocycles. The maximum absolute atomic E-state index is 12.9. The number of benzene rings is 3. The van der Waals surface area contributed by atoms with Crippen molar-refractivity contribution in [1.29, 1.82) is 0 Å². The molecule has 0 bridgehead atoms. The first-order chi connectivity index (χ1) is 16.7. The number of rotatable bonds is 10. The maximum atomic E-state index is 12.9. The minimum absolute atomic E-state index is 0.147. The Labute approximate surface area is 203 Å². The Balaban J connectivity index is 1.29. The summed E-state index contributed by atoms with van der Waals surface area (Å²) in [4.78, 5) is 30.0. The third-order valence-corrected chi connectivity index (χ3v) is 6.40. The minimum Gasteiger partial charge on any atom is -0.445 e. The van der Waals surface area contributed by atoms with E-state index in [9.17, 15) is 9.59 Å². The van der Waals surface area contributed by atoms with Crippen LogP contribution in [0.3, 0.4) is 0 Å². The van der Waals surface area contributed by atoms with E-state index in [1.807, 2.05) is 78.9 Å². The standard InChI is InChI=1S/C27H27N3O3S/c31-26(28-17-9-16-25-29-22-14-7-8-15-24(22)34-25)23(18-20-10-3-1-4-11-20)30-27(32)33-19-21-12-5-2-6-13-21/h1-8,10-15,23H,9,16-19H2,(H,28,31)(H,30,32)/t23-/m0/s1. The van der Waals surface area contributed by atoms with Crippen molar-refractivity contribution in [3.63, 3.8) is 0 Å².